The molecule has 0 spiro atoms. The Morgan fingerprint density at radius 2 is 1.95 bits per heavy atom. The number of nitrogens with zero attached hydrogens (tertiary/aromatic N) is 1. The zero-order valence-corrected chi connectivity index (χ0v) is 12.5. The van der Waals surface area contributed by atoms with Crippen LogP contribution in [0.3, 0.4) is 0 Å². The number of carbonyl (C=O) groups is 1. The molecule has 2 rings (SSSR count). The van der Waals surface area contributed by atoms with Crippen molar-refractivity contribution >= 4 is 24.0 Å². The maximum Gasteiger partial charge on any atom is 0.253 e. The molecule has 1 aromatic carbocycles. The molecule has 1 saturated heterocycles. The number of benzene rings is 1. The van der Waals surface area contributed by atoms with E-state index in [9.17, 15) is 4.79 Å². The maximum absolute atomic E-state index is 12.3. The molecule has 1 aliphatic rings. The van der Waals surface area contributed by atoms with Gasteiger partial charge in [-0.05, 0) is 42.9 Å². The number of nitrogen functional groups attached to an aromatic ring is 1. The van der Waals surface area contributed by atoms with Crippen LogP contribution in [0.4, 0.5) is 5.69 Å². The van der Waals surface area contributed by atoms with Gasteiger partial charge >= 0.3 is 0 Å². The van der Waals surface area contributed by atoms with Crippen LogP contribution >= 0.6 is 12.4 Å². The highest BCUT2D eigenvalue weighted by molar-refractivity contribution is 5.95. The fourth-order valence-electron chi connectivity index (χ4n) is 2.62. The lowest BCUT2D eigenvalue weighted by Crippen LogP contribution is -2.39. The van der Waals surface area contributed by atoms with Gasteiger partial charge < -0.3 is 10.6 Å². The van der Waals surface area contributed by atoms with Gasteiger partial charge in [-0.25, -0.2) is 0 Å². The highest BCUT2D eigenvalue weighted by Crippen LogP contribution is 2.25. The van der Waals surface area contributed by atoms with Gasteiger partial charge in [0.2, 0.25) is 0 Å². The summed E-state index contributed by atoms with van der Waals surface area (Å²) in [6.45, 7) is 6.27. The molecule has 0 radical (unpaired) electrons. The van der Waals surface area contributed by atoms with Crippen molar-refractivity contribution in [2.45, 2.75) is 26.7 Å². The van der Waals surface area contributed by atoms with E-state index < -0.39 is 0 Å². The molecule has 19 heavy (non-hydrogen) atoms. The summed E-state index contributed by atoms with van der Waals surface area (Å²) in [5.74, 6) is 1.59. The molecular weight excluding hydrogens is 260 g/mol. The summed E-state index contributed by atoms with van der Waals surface area (Å²) in [7, 11) is 0. The van der Waals surface area contributed by atoms with Crippen molar-refractivity contribution < 1.29 is 4.79 Å². The molecule has 1 aliphatic heterocycles. The maximum atomic E-state index is 12.3. The lowest BCUT2D eigenvalue weighted by atomic mass is 9.86. The molecule has 0 atom stereocenters. The monoisotopic (exact) mass is 282 g/mol. The van der Waals surface area contributed by atoms with Crippen LogP contribution in [0.1, 0.15) is 37.0 Å². The van der Waals surface area contributed by atoms with Gasteiger partial charge in [0.05, 0.1) is 0 Å². The van der Waals surface area contributed by atoms with Gasteiger partial charge in [0, 0.05) is 24.3 Å². The molecule has 1 heterocycles. The summed E-state index contributed by atoms with van der Waals surface area (Å²) in [5, 5.41) is 0. The molecule has 0 unspecified atom stereocenters. The number of nitrogens with two attached hydrogens (primary N) is 1. The van der Waals surface area contributed by atoms with Crippen LogP contribution in [0, 0.1) is 11.8 Å². The van der Waals surface area contributed by atoms with E-state index >= 15 is 0 Å². The first-order valence-electron chi connectivity index (χ1n) is 6.72. The minimum atomic E-state index is 0. The Morgan fingerprint density at radius 1 is 1.32 bits per heavy atom. The van der Waals surface area contributed by atoms with Crippen LogP contribution < -0.4 is 5.73 Å². The molecule has 1 amide bonds. The smallest absolute Gasteiger partial charge is 0.253 e. The predicted octanol–water partition coefficient (Wildman–Crippen LogP) is 3.20. The molecule has 1 aromatic rings. The molecular formula is C15H23ClN2O. The number of amides is 1. The summed E-state index contributed by atoms with van der Waals surface area (Å²) in [6.07, 6.45) is 2.23. The first-order chi connectivity index (χ1) is 8.58. The number of hydrogen-bond donors (Lipinski definition) is 1. The van der Waals surface area contributed by atoms with Crippen molar-refractivity contribution in [1.29, 1.82) is 0 Å². The van der Waals surface area contributed by atoms with Crippen molar-refractivity contribution in [3.63, 3.8) is 0 Å². The van der Waals surface area contributed by atoms with Gasteiger partial charge in [0.25, 0.3) is 5.91 Å². The average molecular weight is 283 g/mol. The van der Waals surface area contributed by atoms with E-state index in [0.29, 0.717) is 11.3 Å². The van der Waals surface area contributed by atoms with E-state index in [1.807, 2.05) is 23.1 Å². The molecule has 0 saturated carbocycles. The number of halogens is 1. The van der Waals surface area contributed by atoms with E-state index in [0.717, 1.165) is 37.8 Å². The van der Waals surface area contributed by atoms with Crippen molar-refractivity contribution in [2.24, 2.45) is 11.8 Å². The summed E-state index contributed by atoms with van der Waals surface area (Å²) in [4.78, 5) is 14.3. The van der Waals surface area contributed by atoms with E-state index in [4.69, 9.17) is 5.73 Å². The fraction of sp³-hybridized carbons (Fsp3) is 0.533. The van der Waals surface area contributed by atoms with E-state index in [-0.39, 0.29) is 18.3 Å². The molecule has 0 aromatic heterocycles. The topological polar surface area (TPSA) is 46.3 Å². The Morgan fingerprint density at radius 3 is 2.47 bits per heavy atom. The van der Waals surface area contributed by atoms with Crippen LogP contribution in [0.5, 0.6) is 0 Å². The van der Waals surface area contributed by atoms with Crippen LogP contribution in [-0.4, -0.2) is 23.9 Å². The van der Waals surface area contributed by atoms with Crippen LogP contribution in [-0.2, 0) is 0 Å². The minimum absolute atomic E-state index is 0. The van der Waals surface area contributed by atoms with Crippen molar-refractivity contribution in [3.8, 4) is 0 Å². The number of likely N-dealkylation sites (tertiary alicyclic amines) is 1. The van der Waals surface area contributed by atoms with Gasteiger partial charge in [0.1, 0.15) is 0 Å². The Kier molecular flexibility index (Phi) is 5.67. The zero-order chi connectivity index (χ0) is 13.1. The molecule has 1 fully saturated rings. The van der Waals surface area contributed by atoms with Crippen molar-refractivity contribution in [2.75, 3.05) is 18.8 Å². The number of piperidine rings is 1. The standard InChI is InChI=1S/C15H22N2O.ClH/c1-11(2)12-6-8-17(9-7-12)15(18)13-4-3-5-14(16)10-13;/h3-5,10-12H,6-9,16H2,1-2H3;1H. The largest absolute Gasteiger partial charge is 0.399 e. The second-order valence-corrected chi connectivity index (χ2v) is 5.50. The summed E-state index contributed by atoms with van der Waals surface area (Å²) in [6, 6.07) is 7.25. The second kappa shape index (κ2) is 6.80. The summed E-state index contributed by atoms with van der Waals surface area (Å²) in [5.41, 5.74) is 7.07. The number of anilines is 1. The first-order valence-corrected chi connectivity index (χ1v) is 6.72. The Labute approximate surface area is 121 Å². The first kappa shape index (κ1) is 15.8. The Bertz CT molecular complexity index is 426. The van der Waals surface area contributed by atoms with Crippen LogP contribution in [0.15, 0.2) is 24.3 Å². The Hall–Kier alpha value is -1.22. The van der Waals surface area contributed by atoms with E-state index in [1.165, 1.54) is 0 Å². The SMILES string of the molecule is CC(C)C1CCN(C(=O)c2cccc(N)c2)CC1.Cl. The van der Waals surface area contributed by atoms with Crippen molar-refractivity contribution in [1.82, 2.24) is 4.90 Å². The lowest BCUT2D eigenvalue weighted by Gasteiger charge is -2.34. The van der Waals surface area contributed by atoms with Gasteiger partial charge in [-0.3, -0.25) is 4.79 Å². The third-order valence-corrected chi connectivity index (χ3v) is 3.90. The fourth-order valence-corrected chi connectivity index (χ4v) is 2.62. The molecule has 0 aliphatic carbocycles. The lowest BCUT2D eigenvalue weighted by molar-refractivity contribution is 0.0668. The highest BCUT2D eigenvalue weighted by Gasteiger charge is 2.25. The zero-order valence-electron chi connectivity index (χ0n) is 11.6. The predicted molar refractivity (Wildman–Crippen MR) is 81.6 cm³/mol. The number of rotatable bonds is 2. The Balaban J connectivity index is 0.00000180. The summed E-state index contributed by atoms with van der Waals surface area (Å²) >= 11 is 0. The van der Waals surface area contributed by atoms with Gasteiger partial charge in [0.15, 0.2) is 0 Å². The molecule has 2 N–H and O–H groups in total. The van der Waals surface area contributed by atoms with Gasteiger partial charge in [-0.15, -0.1) is 12.4 Å². The van der Waals surface area contributed by atoms with Crippen molar-refractivity contribution in [3.05, 3.63) is 29.8 Å². The van der Waals surface area contributed by atoms with Gasteiger partial charge in [-0.1, -0.05) is 19.9 Å². The van der Waals surface area contributed by atoms with E-state index in [2.05, 4.69) is 13.8 Å². The number of carbonyl (C=O) groups excluding carboxylic acids is 1. The third kappa shape index (κ3) is 3.87. The molecule has 3 nitrogen and oxygen atoms in total. The second-order valence-electron chi connectivity index (χ2n) is 5.50. The normalized spacial score (nSPS) is 16.3. The summed E-state index contributed by atoms with van der Waals surface area (Å²) < 4.78 is 0. The van der Waals surface area contributed by atoms with Gasteiger partial charge in [-0.2, -0.15) is 0 Å². The average Bonchev–Trinajstić information content (AvgIpc) is 2.38. The molecule has 4 heteroatoms. The number of hydrogen-bond acceptors (Lipinski definition) is 2. The quantitative estimate of drug-likeness (QED) is 0.847. The minimum Gasteiger partial charge on any atom is -0.399 e. The molecule has 106 valence electrons. The molecule has 0 bridgehead atoms. The van der Waals surface area contributed by atoms with Crippen LogP contribution in [0.25, 0.3) is 0 Å². The van der Waals surface area contributed by atoms with E-state index in [1.54, 1.807) is 6.07 Å². The van der Waals surface area contributed by atoms with Crippen LogP contribution in [0.2, 0.25) is 0 Å². The third-order valence-electron chi connectivity index (χ3n) is 3.90. The highest BCUT2D eigenvalue weighted by atomic mass is 35.5.